The average molecular weight is 252 g/mol. The summed E-state index contributed by atoms with van der Waals surface area (Å²) in [7, 11) is -0.416. The molecule has 0 unspecified atom stereocenters. The molecular weight excluding hydrogens is 234 g/mol. The summed E-state index contributed by atoms with van der Waals surface area (Å²) in [4.78, 5) is 0. The molecule has 0 N–H and O–H groups in total. The van der Waals surface area contributed by atoms with E-state index in [1.165, 1.54) is 0 Å². The van der Waals surface area contributed by atoms with Crippen molar-refractivity contribution in [2.75, 3.05) is 0 Å². The molecule has 0 aromatic carbocycles. The molecule has 2 aliphatic rings. The molecule has 2 heterocycles. The van der Waals surface area contributed by atoms with Crippen LogP contribution in [0.15, 0.2) is 12.4 Å². The molecule has 0 amide bonds. The molecule has 1 aliphatic carbocycles. The number of nitrogens with zero attached hydrogens (tertiary/aromatic N) is 2. The molecule has 2 atom stereocenters. The predicted molar refractivity (Wildman–Crippen MR) is 66.5 cm³/mol. The largest absolute Gasteiger partial charge is 0.498 e. The highest BCUT2D eigenvalue weighted by molar-refractivity contribution is 6.61. The summed E-state index contributed by atoms with van der Waals surface area (Å²) in [6.45, 7) is 8.04. The van der Waals surface area contributed by atoms with Crippen LogP contribution in [-0.4, -0.2) is 34.3 Å². The first-order valence-corrected chi connectivity index (χ1v) is 6.34. The van der Waals surface area contributed by atoms with Crippen molar-refractivity contribution in [1.82, 2.24) is 9.78 Å². The maximum absolute atomic E-state index is 13.0. The van der Waals surface area contributed by atoms with Gasteiger partial charge in [-0.25, -0.2) is 4.39 Å². The molecule has 0 spiro atoms. The molecule has 98 valence electrons. The van der Waals surface area contributed by atoms with Gasteiger partial charge in [0.25, 0.3) is 0 Å². The van der Waals surface area contributed by atoms with Gasteiger partial charge in [0, 0.05) is 24.3 Å². The van der Waals surface area contributed by atoms with E-state index in [-0.39, 0.29) is 17.2 Å². The topological polar surface area (TPSA) is 36.3 Å². The molecule has 1 aliphatic heterocycles. The zero-order valence-corrected chi connectivity index (χ0v) is 11.2. The van der Waals surface area contributed by atoms with Crippen molar-refractivity contribution in [2.45, 2.75) is 57.5 Å². The maximum atomic E-state index is 13.0. The van der Waals surface area contributed by atoms with Crippen LogP contribution in [0.2, 0.25) is 0 Å². The number of halogens is 1. The van der Waals surface area contributed by atoms with E-state index in [4.69, 9.17) is 9.31 Å². The Labute approximate surface area is 107 Å². The molecule has 18 heavy (non-hydrogen) atoms. The molecule has 1 saturated heterocycles. The van der Waals surface area contributed by atoms with Gasteiger partial charge >= 0.3 is 7.12 Å². The van der Waals surface area contributed by atoms with Crippen LogP contribution >= 0.6 is 0 Å². The fourth-order valence-electron chi connectivity index (χ4n) is 2.06. The van der Waals surface area contributed by atoms with E-state index in [1.807, 2.05) is 33.9 Å². The normalized spacial score (nSPS) is 32.8. The summed E-state index contributed by atoms with van der Waals surface area (Å²) < 4.78 is 26.5. The summed E-state index contributed by atoms with van der Waals surface area (Å²) in [6, 6.07) is -0.0961. The lowest BCUT2D eigenvalue weighted by Gasteiger charge is -2.32. The van der Waals surface area contributed by atoms with Gasteiger partial charge in [0.05, 0.1) is 17.2 Å². The van der Waals surface area contributed by atoms with Gasteiger partial charge in [-0.15, -0.1) is 0 Å². The lowest BCUT2D eigenvalue weighted by Crippen LogP contribution is -2.41. The second-order valence-corrected chi connectivity index (χ2v) is 6.16. The molecule has 1 saturated carbocycles. The lowest BCUT2D eigenvalue weighted by molar-refractivity contribution is 0.00578. The van der Waals surface area contributed by atoms with Crippen LogP contribution in [-0.2, 0) is 9.31 Å². The van der Waals surface area contributed by atoms with E-state index in [0.29, 0.717) is 6.42 Å². The average Bonchev–Trinajstić information content (AvgIpc) is 2.73. The van der Waals surface area contributed by atoms with Crippen molar-refractivity contribution >= 4 is 12.6 Å². The van der Waals surface area contributed by atoms with Gasteiger partial charge in [-0.3, -0.25) is 4.68 Å². The molecule has 3 rings (SSSR count). The minimum atomic E-state index is -0.754. The third-order valence-corrected chi connectivity index (χ3v) is 4.17. The Bertz CT molecular complexity index is 458. The quantitative estimate of drug-likeness (QED) is 0.748. The van der Waals surface area contributed by atoms with Gasteiger partial charge in [-0.05, 0) is 27.7 Å². The van der Waals surface area contributed by atoms with Gasteiger partial charge in [0.2, 0.25) is 0 Å². The fourth-order valence-corrected chi connectivity index (χ4v) is 2.06. The van der Waals surface area contributed by atoms with E-state index in [0.717, 1.165) is 5.46 Å². The number of rotatable bonds is 2. The maximum Gasteiger partial charge on any atom is 0.498 e. The SMILES string of the molecule is CC1(C)OB(c2cnn([C@H]3C[C@H]3F)c2)OC1(C)C. The number of aromatic nitrogens is 2. The second-order valence-electron chi connectivity index (χ2n) is 6.16. The van der Waals surface area contributed by atoms with Gasteiger partial charge in [-0.1, -0.05) is 0 Å². The zero-order chi connectivity index (χ0) is 13.1. The lowest BCUT2D eigenvalue weighted by atomic mass is 9.82. The van der Waals surface area contributed by atoms with Gasteiger partial charge in [0.15, 0.2) is 0 Å². The van der Waals surface area contributed by atoms with E-state index < -0.39 is 13.3 Å². The van der Waals surface area contributed by atoms with E-state index in [2.05, 4.69) is 5.10 Å². The Morgan fingerprint density at radius 3 is 2.39 bits per heavy atom. The van der Waals surface area contributed by atoms with Crippen molar-refractivity contribution in [3.63, 3.8) is 0 Å². The third kappa shape index (κ3) is 1.78. The highest BCUT2D eigenvalue weighted by Gasteiger charge is 2.52. The monoisotopic (exact) mass is 252 g/mol. The first kappa shape index (κ1) is 12.2. The Morgan fingerprint density at radius 1 is 1.33 bits per heavy atom. The van der Waals surface area contributed by atoms with E-state index >= 15 is 0 Å². The molecular formula is C12H18BFN2O2. The first-order valence-electron chi connectivity index (χ1n) is 6.34. The summed E-state index contributed by atoms with van der Waals surface area (Å²) in [6.07, 6.45) is 3.33. The van der Waals surface area contributed by atoms with Crippen molar-refractivity contribution in [1.29, 1.82) is 0 Å². The van der Waals surface area contributed by atoms with Crippen molar-refractivity contribution in [3.05, 3.63) is 12.4 Å². The van der Waals surface area contributed by atoms with Crippen molar-refractivity contribution in [2.24, 2.45) is 0 Å². The van der Waals surface area contributed by atoms with Gasteiger partial charge in [0.1, 0.15) is 6.17 Å². The highest BCUT2D eigenvalue weighted by atomic mass is 19.1. The Kier molecular flexibility index (Phi) is 2.42. The molecule has 0 bridgehead atoms. The van der Waals surface area contributed by atoms with Crippen molar-refractivity contribution < 1.29 is 13.7 Å². The van der Waals surface area contributed by atoms with Gasteiger partial charge < -0.3 is 9.31 Å². The van der Waals surface area contributed by atoms with E-state index in [9.17, 15) is 4.39 Å². The number of hydrogen-bond acceptors (Lipinski definition) is 3. The van der Waals surface area contributed by atoms with Crippen LogP contribution in [0.1, 0.15) is 40.2 Å². The van der Waals surface area contributed by atoms with Gasteiger partial charge in [-0.2, -0.15) is 5.10 Å². The van der Waals surface area contributed by atoms with Crippen LogP contribution in [0, 0.1) is 0 Å². The predicted octanol–water partition coefficient (Wildman–Crippen LogP) is 1.47. The minimum Gasteiger partial charge on any atom is -0.399 e. The Morgan fingerprint density at radius 2 is 1.89 bits per heavy atom. The number of hydrogen-bond donors (Lipinski definition) is 0. The van der Waals surface area contributed by atoms with Crippen LogP contribution in [0.4, 0.5) is 4.39 Å². The minimum absolute atomic E-state index is 0.0961. The second kappa shape index (κ2) is 3.57. The summed E-state index contributed by atoms with van der Waals surface area (Å²) in [5.41, 5.74) is 0.136. The Hall–Kier alpha value is -0.875. The molecule has 0 radical (unpaired) electrons. The Balaban J connectivity index is 1.78. The third-order valence-electron chi connectivity index (χ3n) is 4.17. The van der Waals surface area contributed by atoms with Crippen LogP contribution in [0.3, 0.4) is 0 Å². The highest BCUT2D eigenvalue weighted by Crippen LogP contribution is 2.39. The van der Waals surface area contributed by atoms with E-state index in [1.54, 1.807) is 10.9 Å². The van der Waals surface area contributed by atoms with Crippen LogP contribution in [0.5, 0.6) is 0 Å². The molecule has 1 aromatic heterocycles. The summed E-state index contributed by atoms with van der Waals surface area (Å²) in [5.74, 6) is 0. The standard InChI is InChI=1S/C12H18BFN2O2/c1-11(2)12(3,4)18-13(17-11)8-6-15-16(7-8)10-5-9(10)14/h6-7,9-10H,5H2,1-4H3/t9-,10+/m1/s1. The van der Waals surface area contributed by atoms with Crippen molar-refractivity contribution in [3.8, 4) is 0 Å². The molecule has 1 aromatic rings. The number of alkyl halides is 1. The summed E-state index contributed by atoms with van der Waals surface area (Å²) in [5, 5.41) is 4.19. The zero-order valence-electron chi connectivity index (χ0n) is 11.2. The first-order chi connectivity index (χ1) is 8.30. The van der Waals surface area contributed by atoms with Crippen LogP contribution < -0.4 is 5.46 Å². The van der Waals surface area contributed by atoms with Crippen LogP contribution in [0.25, 0.3) is 0 Å². The molecule has 6 heteroatoms. The molecule has 4 nitrogen and oxygen atoms in total. The fraction of sp³-hybridized carbons (Fsp3) is 0.750. The smallest absolute Gasteiger partial charge is 0.399 e. The summed E-state index contributed by atoms with van der Waals surface area (Å²) >= 11 is 0. The molecule has 2 fully saturated rings.